The summed E-state index contributed by atoms with van der Waals surface area (Å²) in [6, 6.07) is 5.57. The van der Waals surface area contributed by atoms with Gasteiger partial charge in [-0.05, 0) is 24.1 Å². The fraction of sp³-hybridized carbons (Fsp3) is 0.200. The summed E-state index contributed by atoms with van der Waals surface area (Å²) in [5.74, 6) is 0. The molecule has 4 heteroatoms. The van der Waals surface area contributed by atoms with Gasteiger partial charge in [-0.3, -0.25) is 10.3 Å². The maximum Gasteiger partial charge on any atom is 0.0636 e. The molecule has 0 saturated carbocycles. The highest BCUT2D eigenvalue weighted by Gasteiger charge is 1.97. The van der Waals surface area contributed by atoms with Gasteiger partial charge in [0, 0.05) is 6.20 Å². The SMILES string of the molecule is CONC=CCc1ccc(Cl)c(Cl)c1. The minimum Gasteiger partial charge on any atom is -0.280 e. The Bertz CT molecular complexity index is 326. The lowest BCUT2D eigenvalue weighted by molar-refractivity contribution is 0.128. The van der Waals surface area contributed by atoms with E-state index in [1.165, 1.54) is 0 Å². The summed E-state index contributed by atoms with van der Waals surface area (Å²) in [6.45, 7) is 0. The van der Waals surface area contributed by atoms with Crippen LogP contribution in [-0.2, 0) is 11.3 Å². The van der Waals surface area contributed by atoms with E-state index < -0.39 is 0 Å². The van der Waals surface area contributed by atoms with Crippen molar-refractivity contribution in [3.63, 3.8) is 0 Å². The van der Waals surface area contributed by atoms with Crippen molar-refractivity contribution in [2.75, 3.05) is 7.11 Å². The van der Waals surface area contributed by atoms with Gasteiger partial charge in [0.25, 0.3) is 0 Å². The molecule has 0 heterocycles. The molecule has 0 amide bonds. The Morgan fingerprint density at radius 1 is 1.36 bits per heavy atom. The highest BCUT2D eigenvalue weighted by atomic mass is 35.5. The first-order valence-electron chi connectivity index (χ1n) is 4.11. The van der Waals surface area contributed by atoms with Crippen LogP contribution in [-0.4, -0.2) is 7.11 Å². The molecule has 1 aromatic rings. The second-order valence-corrected chi connectivity index (χ2v) is 3.49. The molecule has 2 nitrogen and oxygen atoms in total. The third kappa shape index (κ3) is 3.58. The zero-order chi connectivity index (χ0) is 10.4. The summed E-state index contributed by atoms with van der Waals surface area (Å²) in [6.07, 6.45) is 4.44. The van der Waals surface area contributed by atoms with Crippen molar-refractivity contribution in [3.8, 4) is 0 Å². The summed E-state index contributed by atoms with van der Waals surface area (Å²) >= 11 is 11.6. The topological polar surface area (TPSA) is 21.3 Å². The lowest BCUT2D eigenvalue weighted by atomic mass is 10.1. The average Bonchev–Trinajstić information content (AvgIpc) is 2.18. The molecule has 0 atom stereocenters. The first-order chi connectivity index (χ1) is 6.74. The molecule has 0 aromatic heterocycles. The molecular weight excluding hydrogens is 221 g/mol. The zero-order valence-corrected chi connectivity index (χ0v) is 9.27. The maximum absolute atomic E-state index is 5.86. The van der Waals surface area contributed by atoms with Crippen LogP contribution in [0.5, 0.6) is 0 Å². The average molecular weight is 232 g/mol. The molecule has 1 N–H and O–H groups in total. The number of hydrogen-bond acceptors (Lipinski definition) is 2. The van der Waals surface area contributed by atoms with Gasteiger partial charge in [-0.25, -0.2) is 0 Å². The van der Waals surface area contributed by atoms with Crippen molar-refractivity contribution in [1.29, 1.82) is 0 Å². The van der Waals surface area contributed by atoms with Gasteiger partial charge in [-0.2, -0.15) is 0 Å². The fourth-order valence-electron chi connectivity index (χ4n) is 0.978. The van der Waals surface area contributed by atoms with Crippen LogP contribution in [0.1, 0.15) is 5.56 Å². The molecule has 0 bridgehead atoms. The molecule has 0 radical (unpaired) electrons. The highest BCUT2D eigenvalue weighted by molar-refractivity contribution is 6.42. The summed E-state index contributed by atoms with van der Waals surface area (Å²) in [7, 11) is 1.56. The van der Waals surface area contributed by atoms with E-state index in [1.807, 2.05) is 18.2 Å². The van der Waals surface area contributed by atoms with Gasteiger partial charge in [-0.15, -0.1) is 0 Å². The maximum atomic E-state index is 5.86. The molecule has 1 aromatic carbocycles. The predicted molar refractivity (Wildman–Crippen MR) is 59.5 cm³/mol. The Balaban J connectivity index is 2.55. The zero-order valence-electron chi connectivity index (χ0n) is 7.76. The Hall–Kier alpha value is -0.700. The number of hydroxylamine groups is 1. The van der Waals surface area contributed by atoms with E-state index in [-0.39, 0.29) is 0 Å². The summed E-state index contributed by atoms with van der Waals surface area (Å²) in [5.41, 5.74) is 3.71. The summed E-state index contributed by atoms with van der Waals surface area (Å²) in [5, 5.41) is 1.16. The Morgan fingerprint density at radius 2 is 2.14 bits per heavy atom. The molecule has 0 fully saturated rings. The van der Waals surface area contributed by atoms with E-state index in [2.05, 4.69) is 10.3 Å². The van der Waals surface area contributed by atoms with Gasteiger partial charge < -0.3 is 0 Å². The van der Waals surface area contributed by atoms with Crippen LogP contribution in [0.25, 0.3) is 0 Å². The number of rotatable bonds is 4. The van der Waals surface area contributed by atoms with Crippen LogP contribution in [0.4, 0.5) is 0 Å². The first kappa shape index (κ1) is 11.4. The normalized spacial score (nSPS) is 10.8. The summed E-state index contributed by atoms with van der Waals surface area (Å²) < 4.78 is 0. The quantitative estimate of drug-likeness (QED) is 0.805. The lowest BCUT2D eigenvalue weighted by Gasteiger charge is -1.99. The second kappa shape index (κ2) is 5.91. The van der Waals surface area contributed by atoms with Crippen molar-refractivity contribution < 1.29 is 4.84 Å². The van der Waals surface area contributed by atoms with E-state index in [1.54, 1.807) is 19.4 Å². The minimum atomic E-state index is 0.578. The second-order valence-electron chi connectivity index (χ2n) is 2.68. The van der Waals surface area contributed by atoms with Crippen LogP contribution < -0.4 is 5.48 Å². The number of allylic oxidation sites excluding steroid dienone is 1. The first-order valence-corrected chi connectivity index (χ1v) is 4.87. The van der Waals surface area contributed by atoms with Crippen molar-refractivity contribution in [2.24, 2.45) is 0 Å². The fourth-order valence-corrected chi connectivity index (χ4v) is 1.30. The van der Waals surface area contributed by atoms with Crippen LogP contribution >= 0.6 is 23.2 Å². The van der Waals surface area contributed by atoms with Gasteiger partial charge in [-0.1, -0.05) is 35.3 Å². The lowest BCUT2D eigenvalue weighted by Crippen LogP contribution is -2.00. The predicted octanol–water partition coefficient (Wildman–Crippen LogP) is 3.20. The molecule has 1 rings (SSSR count). The van der Waals surface area contributed by atoms with E-state index in [0.29, 0.717) is 10.0 Å². The Kier molecular flexibility index (Phi) is 4.80. The number of nitrogens with one attached hydrogen (secondary N) is 1. The van der Waals surface area contributed by atoms with Crippen LogP contribution in [0.15, 0.2) is 30.5 Å². The molecule has 0 aliphatic rings. The smallest absolute Gasteiger partial charge is 0.0636 e. The molecule has 0 spiro atoms. The van der Waals surface area contributed by atoms with E-state index in [0.717, 1.165) is 12.0 Å². The molecule has 0 aliphatic carbocycles. The standard InChI is InChI=1S/C10H11Cl2NO/c1-14-13-6-2-3-8-4-5-9(11)10(12)7-8/h2,4-7,13H,3H2,1H3. The third-order valence-electron chi connectivity index (χ3n) is 1.64. The van der Waals surface area contributed by atoms with Gasteiger partial charge in [0.15, 0.2) is 0 Å². The molecule has 14 heavy (non-hydrogen) atoms. The number of hydrogen-bond donors (Lipinski definition) is 1. The molecule has 0 saturated heterocycles. The molecule has 0 aliphatic heterocycles. The summed E-state index contributed by atoms with van der Waals surface area (Å²) in [4.78, 5) is 4.64. The monoisotopic (exact) mass is 231 g/mol. The van der Waals surface area contributed by atoms with Gasteiger partial charge in [0.05, 0.1) is 17.2 Å². The molecule has 0 unspecified atom stereocenters. The largest absolute Gasteiger partial charge is 0.280 e. The van der Waals surface area contributed by atoms with Gasteiger partial charge in [0.1, 0.15) is 0 Å². The minimum absolute atomic E-state index is 0.578. The van der Waals surface area contributed by atoms with Crippen LogP contribution in [0, 0.1) is 0 Å². The van der Waals surface area contributed by atoms with E-state index in [4.69, 9.17) is 23.2 Å². The van der Waals surface area contributed by atoms with Gasteiger partial charge >= 0.3 is 0 Å². The van der Waals surface area contributed by atoms with E-state index in [9.17, 15) is 0 Å². The Labute approximate surface area is 93.4 Å². The number of halogens is 2. The number of benzene rings is 1. The van der Waals surface area contributed by atoms with Crippen molar-refractivity contribution in [2.45, 2.75) is 6.42 Å². The van der Waals surface area contributed by atoms with Crippen LogP contribution in [0.3, 0.4) is 0 Å². The highest BCUT2D eigenvalue weighted by Crippen LogP contribution is 2.22. The van der Waals surface area contributed by atoms with Crippen LogP contribution in [0.2, 0.25) is 10.0 Å². The molecular formula is C10H11Cl2NO. The van der Waals surface area contributed by atoms with Crippen molar-refractivity contribution in [1.82, 2.24) is 5.48 Å². The third-order valence-corrected chi connectivity index (χ3v) is 2.38. The van der Waals surface area contributed by atoms with Crippen molar-refractivity contribution in [3.05, 3.63) is 46.1 Å². The van der Waals surface area contributed by atoms with Gasteiger partial charge in [0.2, 0.25) is 0 Å². The Morgan fingerprint density at radius 3 is 2.79 bits per heavy atom. The molecule has 76 valence electrons. The van der Waals surface area contributed by atoms with Crippen molar-refractivity contribution >= 4 is 23.2 Å². The van der Waals surface area contributed by atoms with E-state index >= 15 is 0 Å².